The van der Waals surface area contributed by atoms with Crippen molar-refractivity contribution >= 4 is 39.9 Å². The zero-order valence-corrected chi connectivity index (χ0v) is 24.4. The lowest BCUT2D eigenvalue weighted by atomic mass is 10.0. The van der Waals surface area contributed by atoms with Crippen molar-refractivity contribution in [1.29, 1.82) is 0 Å². The van der Waals surface area contributed by atoms with E-state index in [1.54, 1.807) is 24.3 Å². The van der Waals surface area contributed by atoms with E-state index in [0.717, 1.165) is 38.7 Å². The Morgan fingerprint density at radius 1 is 0.878 bits per heavy atom. The molecule has 9 nitrogen and oxygen atoms in total. The molecular formula is C30H32N4O5S2. The van der Waals surface area contributed by atoms with E-state index < -0.39 is 29.1 Å². The second-order valence-corrected chi connectivity index (χ2v) is 11.0. The van der Waals surface area contributed by atoms with Gasteiger partial charge in [-0.25, -0.2) is 18.2 Å². The third-order valence-electron chi connectivity index (χ3n) is 6.39. The maximum absolute atomic E-state index is 13.7. The van der Waals surface area contributed by atoms with E-state index in [9.17, 15) is 18.0 Å². The monoisotopic (exact) mass is 592 g/mol. The second kappa shape index (κ2) is 14.4. The minimum Gasteiger partial charge on any atom is -0.453 e. The van der Waals surface area contributed by atoms with Crippen molar-refractivity contribution in [3.05, 3.63) is 107 Å². The number of amides is 2. The number of alkyl carbamates (subject to hydrolysis) is 1. The fraction of sp³-hybridized carbons (Fsp3) is 0.233. The Labute approximate surface area is 245 Å². The zero-order valence-electron chi connectivity index (χ0n) is 22.7. The number of aromatic nitrogens is 1. The van der Waals surface area contributed by atoms with Gasteiger partial charge in [-0.3, -0.25) is 9.52 Å². The number of rotatable bonds is 12. The minimum absolute atomic E-state index is 0.273. The molecule has 2 atom stereocenters. The van der Waals surface area contributed by atoms with Gasteiger partial charge in [0, 0.05) is 12.1 Å². The number of nitrogens with one attached hydrogen (secondary N) is 3. The molecule has 0 radical (unpaired) electrons. The standard InChI is InChI=1S/C30H32N4O5S2/c1-3-24-27(22-12-8-5-9-13-22)40-29(32-24)26(19-21-14-16-23(17-15-21)34-41(37)38)31-28(35)25(33-30(36)39-2)18-20-10-6-4-7-11-20/h4-17,25-26,41H,3,18-19H2,1-2H3,(H,31,35)(H,33,36)(H,34,37,38)/t25-,26-/m0/s1. The van der Waals surface area contributed by atoms with Crippen LogP contribution in [0.3, 0.4) is 0 Å². The third-order valence-corrected chi connectivity index (χ3v) is 8.09. The SMILES string of the molecule is CCc1nc([C@H](Cc2ccc(N[SH](=O)=O)cc2)NC(=O)[C@H](Cc2ccccc2)NC(=O)OC)sc1-c1ccccc1. The van der Waals surface area contributed by atoms with Crippen LogP contribution in [-0.4, -0.2) is 38.6 Å². The first kappa shape index (κ1) is 29.8. The topological polar surface area (TPSA) is 126 Å². The number of hydrogen-bond donors (Lipinski definition) is 4. The summed E-state index contributed by atoms with van der Waals surface area (Å²) in [5, 5.41) is 6.51. The number of carbonyl (C=O) groups excluding carboxylic acids is 2. The van der Waals surface area contributed by atoms with Crippen LogP contribution < -0.4 is 15.4 Å². The number of anilines is 1. The van der Waals surface area contributed by atoms with Gasteiger partial charge in [-0.1, -0.05) is 79.7 Å². The molecule has 3 aromatic carbocycles. The predicted octanol–water partition coefficient (Wildman–Crippen LogP) is 4.68. The minimum atomic E-state index is -2.77. The summed E-state index contributed by atoms with van der Waals surface area (Å²) in [5.74, 6) is -0.375. The fourth-order valence-corrected chi connectivity index (χ4v) is 5.93. The Morgan fingerprint density at radius 2 is 1.51 bits per heavy atom. The van der Waals surface area contributed by atoms with Gasteiger partial charge in [0.05, 0.1) is 23.7 Å². The van der Waals surface area contributed by atoms with Crippen LogP contribution >= 0.6 is 11.3 Å². The molecule has 0 aliphatic carbocycles. The number of benzene rings is 3. The van der Waals surface area contributed by atoms with Crippen LogP contribution in [0.1, 0.15) is 34.8 Å². The molecule has 11 heteroatoms. The largest absolute Gasteiger partial charge is 0.453 e. The van der Waals surface area contributed by atoms with Gasteiger partial charge in [-0.2, -0.15) is 0 Å². The molecule has 0 saturated carbocycles. The maximum Gasteiger partial charge on any atom is 0.407 e. The summed E-state index contributed by atoms with van der Waals surface area (Å²) in [4.78, 5) is 31.8. The lowest BCUT2D eigenvalue weighted by molar-refractivity contribution is -0.123. The summed E-state index contributed by atoms with van der Waals surface area (Å²) in [5.41, 5.74) is 4.19. The number of thiazole rings is 1. The van der Waals surface area contributed by atoms with Crippen LogP contribution in [0, 0.1) is 0 Å². The Balaban J connectivity index is 1.66. The molecule has 4 rings (SSSR count). The van der Waals surface area contributed by atoms with Gasteiger partial charge in [0.1, 0.15) is 11.0 Å². The average Bonchev–Trinajstić information content (AvgIpc) is 3.42. The van der Waals surface area contributed by atoms with Gasteiger partial charge in [0.15, 0.2) is 0 Å². The lowest BCUT2D eigenvalue weighted by Gasteiger charge is -2.22. The highest BCUT2D eigenvalue weighted by Gasteiger charge is 2.27. The highest BCUT2D eigenvalue weighted by molar-refractivity contribution is 7.73. The summed E-state index contributed by atoms with van der Waals surface area (Å²) >= 11 is 1.52. The van der Waals surface area contributed by atoms with Crippen LogP contribution in [0.25, 0.3) is 10.4 Å². The number of nitrogens with zero attached hydrogens (tertiary/aromatic N) is 1. The average molecular weight is 593 g/mol. The van der Waals surface area contributed by atoms with Crippen molar-refractivity contribution in [2.75, 3.05) is 11.8 Å². The summed E-state index contributed by atoms with van der Waals surface area (Å²) in [6.45, 7) is 2.04. The van der Waals surface area contributed by atoms with Crippen LogP contribution in [0.15, 0.2) is 84.9 Å². The molecule has 214 valence electrons. The van der Waals surface area contributed by atoms with Crippen molar-refractivity contribution in [1.82, 2.24) is 15.6 Å². The zero-order chi connectivity index (χ0) is 29.2. The third kappa shape index (κ3) is 8.38. The molecule has 0 aliphatic heterocycles. The first-order chi connectivity index (χ1) is 19.9. The Bertz CT molecular complexity index is 1520. The molecule has 2 amide bonds. The van der Waals surface area contributed by atoms with Crippen molar-refractivity contribution in [3.8, 4) is 10.4 Å². The van der Waals surface area contributed by atoms with E-state index in [0.29, 0.717) is 12.1 Å². The highest BCUT2D eigenvalue weighted by Crippen LogP contribution is 2.34. The highest BCUT2D eigenvalue weighted by atomic mass is 32.2. The van der Waals surface area contributed by atoms with Crippen LogP contribution in [0.5, 0.6) is 0 Å². The molecule has 0 spiro atoms. The van der Waals surface area contributed by atoms with Gasteiger partial charge in [-0.05, 0) is 41.7 Å². The molecular weight excluding hydrogens is 560 g/mol. The summed E-state index contributed by atoms with van der Waals surface area (Å²) in [6.07, 6.45) is 0.688. The number of thiol groups is 1. The van der Waals surface area contributed by atoms with E-state index in [-0.39, 0.29) is 12.3 Å². The molecule has 1 heterocycles. The normalized spacial score (nSPS) is 12.4. The predicted molar refractivity (Wildman–Crippen MR) is 161 cm³/mol. The van der Waals surface area contributed by atoms with E-state index >= 15 is 0 Å². The maximum atomic E-state index is 13.7. The molecule has 1 aromatic heterocycles. The number of methoxy groups -OCH3 is 1. The molecule has 3 N–H and O–H groups in total. The number of carbonyl (C=O) groups is 2. The Kier molecular flexibility index (Phi) is 10.5. The summed E-state index contributed by atoms with van der Waals surface area (Å²) in [7, 11) is -1.52. The molecule has 0 aliphatic rings. The van der Waals surface area contributed by atoms with Crippen LogP contribution in [0.4, 0.5) is 10.5 Å². The summed E-state index contributed by atoms with van der Waals surface area (Å²) < 4.78 is 29.2. The molecule has 0 bridgehead atoms. The van der Waals surface area contributed by atoms with Crippen molar-refractivity contribution in [2.24, 2.45) is 0 Å². The van der Waals surface area contributed by atoms with Crippen LogP contribution in [0.2, 0.25) is 0 Å². The first-order valence-electron chi connectivity index (χ1n) is 13.1. The van der Waals surface area contributed by atoms with Crippen molar-refractivity contribution in [3.63, 3.8) is 0 Å². The molecule has 0 fully saturated rings. The smallest absolute Gasteiger partial charge is 0.407 e. The van der Waals surface area contributed by atoms with Gasteiger partial charge in [0.2, 0.25) is 16.8 Å². The second-order valence-electron chi connectivity index (χ2n) is 9.26. The van der Waals surface area contributed by atoms with E-state index in [2.05, 4.69) is 15.4 Å². The quantitative estimate of drug-likeness (QED) is 0.177. The molecule has 41 heavy (non-hydrogen) atoms. The van der Waals surface area contributed by atoms with Gasteiger partial charge < -0.3 is 15.4 Å². The number of ether oxygens (including phenoxy) is 1. The fourth-order valence-electron chi connectivity index (χ4n) is 4.36. The van der Waals surface area contributed by atoms with E-state index in [1.807, 2.05) is 67.6 Å². The van der Waals surface area contributed by atoms with Gasteiger partial charge in [0.25, 0.3) is 0 Å². The molecule has 0 unspecified atom stereocenters. The summed E-state index contributed by atoms with van der Waals surface area (Å²) in [6, 6.07) is 25.0. The number of hydrogen-bond acceptors (Lipinski definition) is 7. The lowest BCUT2D eigenvalue weighted by Crippen LogP contribution is -2.49. The van der Waals surface area contributed by atoms with Crippen LogP contribution in [-0.2, 0) is 39.7 Å². The van der Waals surface area contributed by atoms with Gasteiger partial charge >= 0.3 is 6.09 Å². The van der Waals surface area contributed by atoms with E-state index in [4.69, 9.17) is 9.72 Å². The van der Waals surface area contributed by atoms with Gasteiger partial charge in [-0.15, -0.1) is 11.3 Å². The first-order valence-corrected chi connectivity index (χ1v) is 15.1. The Morgan fingerprint density at radius 3 is 2.12 bits per heavy atom. The number of aryl methyl sites for hydroxylation is 1. The van der Waals surface area contributed by atoms with Crippen molar-refractivity contribution in [2.45, 2.75) is 38.3 Å². The van der Waals surface area contributed by atoms with Crippen molar-refractivity contribution < 1.29 is 22.7 Å². The van der Waals surface area contributed by atoms with E-state index in [1.165, 1.54) is 18.4 Å². The molecule has 4 aromatic rings. The Hall–Kier alpha value is -4.22. The molecule has 0 saturated heterocycles.